The van der Waals surface area contributed by atoms with Crippen molar-refractivity contribution in [2.45, 2.75) is 25.9 Å². The molecule has 3 rings (SSSR count). The molecule has 2 aromatic heterocycles. The Kier molecular flexibility index (Phi) is 5.27. The molecular weight excluding hydrogens is 352 g/mol. The topological polar surface area (TPSA) is 80.6 Å². The smallest absolute Gasteiger partial charge is 0.261 e. The Labute approximate surface area is 155 Å². The quantitative estimate of drug-likeness (QED) is 0.694. The van der Waals surface area contributed by atoms with Crippen LogP contribution in [0.25, 0.3) is 11.0 Å². The summed E-state index contributed by atoms with van der Waals surface area (Å²) in [7, 11) is 1.58. The Bertz CT molecular complexity index is 917. The van der Waals surface area contributed by atoms with E-state index < -0.39 is 6.04 Å². The van der Waals surface area contributed by atoms with Crippen LogP contribution in [0.5, 0.6) is 5.75 Å². The predicted molar refractivity (Wildman–Crippen MR) is 101 cm³/mol. The standard InChI is InChI=1S/C19H20N2O4S/c1-11(15-10-13-6-4-7-14(24-3)17(13)25-15)20-18(22)12(2)21-19(23)16-8-5-9-26-16/h4-12H,1-3H3,(H,20,22)(H,21,23). The van der Waals surface area contributed by atoms with E-state index in [1.165, 1.54) is 11.3 Å². The maximum absolute atomic E-state index is 12.4. The van der Waals surface area contributed by atoms with Crippen LogP contribution in [0.15, 0.2) is 46.2 Å². The second-order valence-corrected chi connectivity index (χ2v) is 6.88. The van der Waals surface area contributed by atoms with E-state index in [1.807, 2.05) is 36.6 Å². The summed E-state index contributed by atoms with van der Waals surface area (Å²) in [6.07, 6.45) is 0. The van der Waals surface area contributed by atoms with Crippen molar-refractivity contribution in [1.29, 1.82) is 0 Å². The lowest BCUT2D eigenvalue weighted by atomic mass is 10.2. The van der Waals surface area contributed by atoms with Gasteiger partial charge in [-0.05, 0) is 37.4 Å². The molecule has 0 saturated carbocycles. The molecule has 2 heterocycles. The van der Waals surface area contributed by atoms with Crippen molar-refractivity contribution < 1.29 is 18.7 Å². The molecular formula is C19H20N2O4S. The first-order valence-electron chi connectivity index (χ1n) is 8.20. The van der Waals surface area contributed by atoms with Gasteiger partial charge in [-0.1, -0.05) is 18.2 Å². The fraction of sp³-hybridized carbons (Fsp3) is 0.263. The average Bonchev–Trinajstić information content (AvgIpc) is 3.30. The van der Waals surface area contributed by atoms with E-state index in [2.05, 4.69) is 10.6 Å². The van der Waals surface area contributed by atoms with Gasteiger partial charge in [0.05, 0.1) is 18.0 Å². The maximum atomic E-state index is 12.4. The fourth-order valence-corrected chi connectivity index (χ4v) is 3.21. The minimum absolute atomic E-state index is 0.260. The molecule has 0 radical (unpaired) electrons. The zero-order valence-corrected chi connectivity index (χ0v) is 15.6. The number of para-hydroxylation sites is 1. The summed E-state index contributed by atoms with van der Waals surface area (Å²) in [5, 5.41) is 8.27. The molecule has 3 aromatic rings. The highest BCUT2D eigenvalue weighted by molar-refractivity contribution is 7.12. The molecule has 0 bridgehead atoms. The SMILES string of the molecule is COc1cccc2cc(C(C)NC(=O)C(C)NC(=O)c3cccs3)oc12. The summed E-state index contributed by atoms with van der Waals surface area (Å²) in [4.78, 5) is 25.0. The number of furan rings is 1. The van der Waals surface area contributed by atoms with Gasteiger partial charge in [-0.3, -0.25) is 9.59 Å². The van der Waals surface area contributed by atoms with Crippen LogP contribution >= 0.6 is 11.3 Å². The van der Waals surface area contributed by atoms with E-state index >= 15 is 0 Å². The number of rotatable bonds is 6. The normalized spacial score (nSPS) is 13.2. The Balaban J connectivity index is 1.66. The third kappa shape index (κ3) is 3.72. The zero-order chi connectivity index (χ0) is 18.7. The lowest BCUT2D eigenvalue weighted by molar-refractivity contribution is -0.123. The Morgan fingerprint density at radius 1 is 1.15 bits per heavy atom. The van der Waals surface area contributed by atoms with Crippen molar-refractivity contribution in [3.05, 3.63) is 52.4 Å². The summed E-state index contributed by atoms with van der Waals surface area (Å²) in [6.45, 7) is 3.48. The summed E-state index contributed by atoms with van der Waals surface area (Å²) in [6, 6.07) is 10.00. The van der Waals surface area contributed by atoms with Gasteiger partial charge in [0.1, 0.15) is 11.8 Å². The molecule has 2 N–H and O–H groups in total. The van der Waals surface area contributed by atoms with Gasteiger partial charge in [0.15, 0.2) is 11.3 Å². The van der Waals surface area contributed by atoms with Crippen LogP contribution in [0, 0.1) is 0 Å². The van der Waals surface area contributed by atoms with Gasteiger partial charge in [0.2, 0.25) is 5.91 Å². The second kappa shape index (κ2) is 7.61. The largest absolute Gasteiger partial charge is 0.493 e. The van der Waals surface area contributed by atoms with Crippen LogP contribution in [0.4, 0.5) is 0 Å². The minimum atomic E-state index is -0.661. The van der Waals surface area contributed by atoms with Crippen LogP contribution in [-0.2, 0) is 4.79 Å². The first-order chi connectivity index (χ1) is 12.5. The van der Waals surface area contributed by atoms with E-state index in [-0.39, 0.29) is 17.9 Å². The van der Waals surface area contributed by atoms with Crippen molar-refractivity contribution in [1.82, 2.24) is 10.6 Å². The molecule has 7 heteroatoms. The zero-order valence-electron chi connectivity index (χ0n) is 14.7. The number of hydrogen-bond acceptors (Lipinski definition) is 5. The Morgan fingerprint density at radius 3 is 2.65 bits per heavy atom. The molecule has 1 aromatic carbocycles. The van der Waals surface area contributed by atoms with Crippen LogP contribution in [0.1, 0.15) is 35.3 Å². The van der Waals surface area contributed by atoms with E-state index in [0.29, 0.717) is 22.0 Å². The molecule has 0 spiro atoms. The molecule has 2 atom stereocenters. The fourth-order valence-electron chi connectivity index (χ4n) is 2.58. The lowest BCUT2D eigenvalue weighted by Gasteiger charge is -2.17. The molecule has 2 unspecified atom stereocenters. The molecule has 6 nitrogen and oxygen atoms in total. The van der Waals surface area contributed by atoms with Gasteiger partial charge in [-0.25, -0.2) is 0 Å². The summed E-state index contributed by atoms with van der Waals surface area (Å²) >= 11 is 1.33. The van der Waals surface area contributed by atoms with Crippen molar-refractivity contribution in [3.8, 4) is 5.75 Å². The maximum Gasteiger partial charge on any atom is 0.261 e. The first kappa shape index (κ1) is 18.0. The van der Waals surface area contributed by atoms with Crippen LogP contribution in [0.3, 0.4) is 0 Å². The van der Waals surface area contributed by atoms with E-state index in [9.17, 15) is 9.59 Å². The number of methoxy groups -OCH3 is 1. The van der Waals surface area contributed by atoms with Gasteiger partial charge >= 0.3 is 0 Å². The molecule has 0 aliphatic rings. The van der Waals surface area contributed by atoms with Gasteiger partial charge in [-0.15, -0.1) is 11.3 Å². The summed E-state index contributed by atoms with van der Waals surface area (Å²) in [5.41, 5.74) is 0.644. The highest BCUT2D eigenvalue weighted by Crippen LogP contribution is 2.30. The van der Waals surface area contributed by atoms with Gasteiger partial charge in [0.25, 0.3) is 5.91 Å². The summed E-state index contributed by atoms with van der Waals surface area (Å²) in [5.74, 6) is 0.720. The average molecular weight is 372 g/mol. The van der Waals surface area contributed by atoms with Crippen molar-refractivity contribution in [2.24, 2.45) is 0 Å². The molecule has 0 aliphatic carbocycles. The van der Waals surface area contributed by atoms with Crippen LogP contribution < -0.4 is 15.4 Å². The Hall–Kier alpha value is -2.80. The molecule has 136 valence electrons. The van der Waals surface area contributed by atoms with E-state index in [1.54, 1.807) is 26.2 Å². The highest BCUT2D eigenvalue weighted by atomic mass is 32.1. The number of thiophene rings is 1. The highest BCUT2D eigenvalue weighted by Gasteiger charge is 2.21. The number of nitrogens with one attached hydrogen (secondary N) is 2. The van der Waals surface area contributed by atoms with Crippen LogP contribution in [-0.4, -0.2) is 25.0 Å². The third-order valence-corrected chi connectivity index (χ3v) is 4.89. The Morgan fingerprint density at radius 2 is 1.96 bits per heavy atom. The lowest BCUT2D eigenvalue weighted by Crippen LogP contribution is -2.45. The van der Waals surface area contributed by atoms with Gasteiger partial charge < -0.3 is 19.8 Å². The number of hydrogen-bond donors (Lipinski definition) is 2. The molecule has 2 amide bonds. The van der Waals surface area contributed by atoms with E-state index in [0.717, 1.165) is 5.39 Å². The number of fused-ring (bicyclic) bond motifs is 1. The molecule has 26 heavy (non-hydrogen) atoms. The number of ether oxygens (including phenoxy) is 1. The molecule has 0 aliphatic heterocycles. The third-order valence-electron chi connectivity index (χ3n) is 4.02. The number of benzene rings is 1. The van der Waals surface area contributed by atoms with E-state index in [4.69, 9.17) is 9.15 Å². The van der Waals surface area contributed by atoms with Gasteiger partial charge in [-0.2, -0.15) is 0 Å². The minimum Gasteiger partial charge on any atom is -0.493 e. The second-order valence-electron chi connectivity index (χ2n) is 5.93. The van der Waals surface area contributed by atoms with Gasteiger partial charge in [0, 0.05) is 5.39 Å². The number of carbonyl (C=O) groups excluding carboxylic acids is 2. The monoisotopic (exact) mass is 372 g/mol. The predicted octanol–water partition coefficient (Wildman–Crippen LogP) is 3.50. The number of amides is 2. The van der Waals surface area contributed by atoms with Crippen molar-refractivity contribution in [2.75, 3.05) is 7.11 Å². The van der Waals surface area contributed by atoms with Crippen LogP contribution in [0.2, 0.25) is 0 Å². The molecule has 0 saturated heterocycles. The molecule has 0 fully saturated rings. The van der Waals surface area contributed by atoms with Crippen molar-refractivity contribution in [3.63, 3.8) is 0 Å². The first-order valence-corrected chi connectivity index (χ1v) is 9.08. The number of carbonyl (C=O) groups is 2. The van der Waals surface area contributed by atoms with Crippen molar-refractivity contribution >= 4 is 34.1 Å². The summed E-state index contributed by atoms with van der Waals surface area (Å²) < 4.78 is 11.1.